The number of pyridine rings is 4. The summed E-state index contributed by atoms with van der Waals surface area (Å²) >= 11 is 2.32. The summed E-state index contributed by atoms with van der Waals surface area (Å²) < 4.78 is 26.4. The molecule has 138 heavy (non-hydrogen) atoms. The number of aliphatic hydroxyl groups excluding tert-OH is 1. The van der Waals surface area contributed by atoms with Gasteiger partial charge in [-0.2, -0.15) is 0 Å². The van der Waals surface area contributed by atoms with Gasteiger partial charge in [0.2, 0.25) is 29.5 Å². The van der Waals surface area contributed by atoms with Crippen LogP contribution in [0.2, 0.25) is 0 Å². The molecule has 16 rings (SSSR count). The van der Waals surface area contributed by atoms with Gasteiger partial charge in [0.15, 0.2) is 58.3 Å². The number of rotatable bonds is 18. The molecule has 4 amide bonds. The van der Waals surface area contributed by atoms with Gasteiger partial charge in [-0.1, -0.05) is 196 Å². The maximum absolute atomic E-state index is 13.6. The minimum atomic E-state index is -1.65. The highest BCUT2D eigenvalue weighted by Crippen LogP contribution is 2.33. The summed E-state index contributed by atoms with van der Waals surface area (Å²) in [6.45, 7) is 33.8. The van der Waals surface area contributed by atoms with Crippen molar-refractivity contribution in [1.82, 2.24) is 34.2 Å². The summed E-state index contributed by atoms with van der Waals surface area (Å²) in [5.74, 6) is -4.51. The molecule has 0 aliphatic carbocycles. The number of nitrogens with zero attached hydrogens (tertiary/aromatic N) is 7. The first-order valence-electron chi connectivity index (χ1n) is 42.9. The van der Waals surface area contributed by atoms with Gasteiger partial charge in [-0.3, -0.25) is 76.0 Å². The molecule has 31 nitrogen and oxygen atoms in total. The lowest BCUT2D eigenvalue weighted by atomic mass is 9.87. The van der Waals surface area contributed by atoms with Crippen molar-refractivity contribution in [3.63, 3.8) is 0 Å². The number of ether oxygens (including phenoxy) is 1. The van der Waals surface area contributed by atoms with Crippen LogP contribution < -0.4 is 50.1 Å². The normalized spacial score (nSPS) is 11.6. The molecule has 2 unspecified atom stereocenters. The summed E-state index contributed by atoms with van der Waals surface area (Å²) in [4.78, 5) is 163. The molecule has 7 heterocycles. The molecule has 9 aromatic carbocycles. The predicted molar refractivity (Wildman–Crippen MR) is 534 cm³/mol. The van der Waals surface area contributed by atoms with E-state index in [2.05, 4.69) is 166 Å². The number of H-pyrrole nitrogens is 1. The molecule has 0 saturated carbocycles. The van der Waals surface area contributed by atoms with Gasteiger partial charge in [0, 0.05) is 87.0 Å². The lowest BCUT2D eigenvalue weighted by molar-refractivity contribution is -0.152. The fourth-order valence-electron chi connectivity index (χ4n) is 13.9. The highest BCUT2D eigenvalue weighted by molar-refractivity contribution is 14.1. The summed E-state index contributed by atoms with van der Waals surface area (Å²) in [5, 5.41) is 28.6. The second kappa shape index (κ2) is 43.9. The first-order valence-corrected chi connectivity index (χ1v) is 43.9. The molecule has 0 radical (unpaired) electrons. The Balaban J connectivity index is 0.000000171. The number of hydrogen-bond donors (Lipinski definition) is 7. The van der Waals surface area contributed by atoms with Crippen LogP contribution >= 0.6 is 22.6 Å². The fourth-order valence-corrected chi connectivity index (χ4v) is 14.2. The van der Waals surface area contributed by atoms with Crippen molar-refractivity contribution in [2.24, 2.45) is 11.5 Å². The van der Waals surface area contributed by atoms with Gasteiger partial charge in [0.1, 0.15) is 0 Å². The molecule has 7 aromatic heterocycles. The number of nitrogens with one attached hydrogen (secondary N) is 3. The SMILES string of the molecule is CC(=O)OC(C(=O)Nc1ccc2c(C(=O)c3ccccc3C(N)=O)noc2c1)c1cccn(-c2ccc(C(C)(C)C)cc2)c1=O.CC(C)(C)c1ccc(-n2cccc(C(O)C(=O)Nc3ccc4c(N)noc4c3)c2=O)cc1.CC(C)(C)c1ccc(-n2cccc(C=O)c2=O)cc1.CC(C)(C)c1ccc(I)cc1.O=Cc1ccc[nH]c1=O.[C-]#[N+]c1ccc2c(C(=O)c3ccccc3C(N)=O)noc2c1. The highest BCUT2D eigenvalue weighted by atomic mass is 127. The third-order valence-corrected chi connectivity index (χ3v) is 22.2. The largest absolute Gasteiger partial charge is 0.447 e. The summed E-state index contributed by atoms with van der Waals surface area (Å²) in [7, 11) is 0. The number of fused-ring (bicyclic) bond motifs is 3. The minimum absolute atomic E-state index is 0.0138. The van der Waals surface area contributed by atoms with Gasteiger partial charge in [-0.05, 0) is 206 Å². The topological polar surface area (TPSA) is 467 Å². The van der Waals surface area contributed by atoms with Crippen LogP contribution in [0.15, 0.2) is 306 Å². The molecule has 0 bridgehead atoms. The molecule has 16 aromatic rings. The third kappa shape index (κ3) is 25.0. The molecule has 0 fully saturated rings. The number of ketones is 2. The maximum atomic E-state index is 13.6. The molecular formula is C106H98IN13O18. The Morgan fingerprint density at radius 1 is 0.457 bits per heavy atom. The second-order valence-corrected chi connectivity index (χ2v) is 36.7. The zero-order chi connectivity index (χ0) is 100. The Bertz CT molecular complexity index is 7560. The standard InChI is InChI=1S/C34H30N4O7.C24H24N4O4.C16H9N3O3.C16H17NO2.C10H13I.C6H5NO2/c1-19(39)44-30(26-10-7-17-38(33(26)43)22-14-11-20(12-15-22)34(2,3)4)32(42)36-21-13-16-25-27(18-21)45-37-28(25)29(40)23-8-5-6-9-24(23)31(35)41;1-24(2,3)14-6-9-16(10-7-14)28-12-4-5-18(23(28)31)20(29)22(30)26-15-8-11-17-19(13-15)32-27-21(17)25;1-18-9-6-7-12-13(8-9)22-19-14(12)15(20)10-4-2-3-5-11(10)16(17)21;1-16(2,3)13-6-8-14(9-7-13)17-10-4-5-12(11-18)15(17)19;1-10(2,3)8-4-6-9(11)7-5-8;8-4-5-2-1-3-7-6(5)9/h5-18,30H,1-4H3,(H2,35,41)(H,36,42);4-13,20,29H,1-3H3,(H2,25,27)(H,26,30);2-8H,(H2,17,21);4-11H,1-3H3;4-7H,1-3H3;1-4H,(H,7,9). The lowest BCUT2D eigenvalue weighted by Gasteiger charge is -2.20. The first kappa shape index (κ1) is 102. The number of aromatic amines is 1. The van der Waals surface area contributed by atoms with Crippen molar-refractivity contribution in [3.8, 4) is 17.1 Å². The number of anilines is 3. The molecule has 0 spiro atoms. The van der Waals surface area contributed by atoms with Crippen LogP contribution in [-0.2, 0) is 40.8 Å². The van der Waals surface area contributed by atoms with Crippen LogP contribution in [0.25, 0.3) is 54.8 Å². The molecule has 0 aliphatic heterocycles. The van der Waals surface area contributed by atoms with Crippen LogP contribution in [0.5, 0.6) is 0 Å². The number of carbonyl (C=O) groups excluding carboxylic acids is 9. The molecule has 0 saturated heterocycles. The number of aromatic nitrogens is 7. The van der Waals surface area contributed by atoms with Gasteiger partial charge in [-0.25, -0.2) is 4.85 Å². The molecular weight excluding hydrogens is 1870 g/mol. The van der Waals surface area contributed by atoms with E-state index in [1.54, 1.807) is 97.5 Å². The lowest BCUT2D eigenvalue weighted by Crippen LogP contribution is -2.32. The predicted octanol–water partition coefficient (Wildman–Crippen LogP) is 17.8. The van der Waals surface area contributed by atoms with E-state index in [1.807, 2.05) is 72.8 Å². The average Bonchev–Trinajstić information content (AvgIpc) is 1.38. The molecule has 32 heteroatoms. The number of carbonyl (C=O) groups is 9. The summed E-state index contributed by atoms with van der Waals surface area (Å²) in [5.41, 5.74) is 24.4. The van der Waals surface area contributed by atoms with Crippen LogP contribution in [0.3, 0.4) is 0 Å². The van der Waals surface area contributed by atoms with E-state index < -0.39 is 64.5 Å². The molecule has 2 atom stereocenters. The third-order valence-electron chi connectivity index (χ3n) is 21.5. The van der Waals surface area contributed by atoms with Gasteiger partial charge >= 0.3 is 5.97 Å². The quantitative estimate of drug-likeness (QED) is 0.0138. The van der Waals surface area contributed by atoms with E-state index in [1.165, 1.54) is 107 Å². The van der Waals surface area contributed by atoms with Gasteiger partial charge < -0.3 is 56.2 Å². The van der Waals surface area contributed by atoms with Gasteiger partial charge in [0.25, 0.3) is 34.1 Å². The summed E-state index contributed by atoms with van der Waals surface area (Å²) in [6, 6.07) is 70.2. The number of amides is 4. The number of nitrogens with two attached hydrogens (primary N) is 3. The molecule has 702 valence electrons. The van der Waals surface area contributed by atoms with Crippen molar-refractivity contribution >= 4 is 132 Å². The van der Waals surface area contributed by atoms with Crippen LogP contribution in [-0.4, -0.2) is 93.0 Å². The Morgan fingerprint density at radius 3 is 1.25 bits per heavy atom. The monoisotopic (exact) mass is 1970 g/mol. The summed E-state index contributed by atoms with van der Waals surface area (Å²) in [6.07, 6.45) is 4.21. The molecule has 10 N–H and O–H groups in total. The number of benzene rings is 9. The molecule has 0 aliphatic rings. The number of halogens is 1. The van der Waals surface area contributed by atoms with Crippen LogP contribution in [0, 0.1) is 10.1 Å². The van der Waals surface area contributed by atoms with Crippen molar-refractivity contribution in [1.29, 1.82) is 0 Å². The number of aliphatic hydroxyl groups is 1. The van der Waals surface area contributed by atoms with E-state index in [9.17, 15) is 67.4 Å². The van der Waals surface area contributed by atoms with Crippen molar-refractivity contribution in [3.05, 3.63) is 408 Å². The number of esters is 1. The Kier molecular flexibility index (Phi) is 32.4. The van der Waals surface area contributed by atoms with Crippen molar-refractivity contribution in [2.45, 2.75) is 124 Å². The number of hydrogen-bond acceptors (Lipinski definition) is 22. The van der Waals surface area contributed by atoms with Crippen molar-refractivity contribution in [2.75, 3.05) is 16.4 Å². The van der Waals surface area contributed by atoms with E-state index in [-0.39, 0.29) is 106 Å². The van der Waals surface area contributed by atoms with E-state index in [0.717, 1.165) is 23.7 Å². The van der Waals surface area contributed by atoms with Crippen LogP contribution in [0.1, 0.15) is 209 Å². The zero-order valence-electron chi connectivity index (χ0n) is 77.4. The van der Waals surface area contributed by atoms with E-state index in [0.29, 0.717) is 62.6 Å². The Labute approximate surface area is 804 Å². The Morgan fingerprint density at radius 2 is 0.833 bits per heavy atom. The van der Waals surface area contributed by atoms with Gasteiger partial charge in [0.05, 0.1) is 56.1 Å². The number of primary amides is 2. The number of nitrogen functional groups attached to an aromatic ring is 1. The number of aldehydes is 2. The average molecular weight is 1970 g/mol. The zero-order valence-corrected chi connectivity index (χ0v) is 79.6. The Hall–Kier alpha value is -16.8. The van der Waals surface area contributed by atoms with E-state index >= 15 is 0 Å². The first-order chi connectivity index (χ1) is 65.4. The fraction of sp³-hybridized carbons (Fsp3) is 0.179. The second-order valence-electron chi connectivity index (χ2n) is 35.4. The highest BCUT2D eigenvalue weighted by Gasteiger charge is 2.31. The maximum Gasteiger partial charge on any atom is 0.303 e. The van der Waals surface area contributed by atoms with Crippen LogP contribution in [0.4, 0.5) is 22.9 Å². The van der Waals surface area contributed by atoms with E-state index in [4.69, 9.17) is 42.1 Å². The smallest absolute Gasteiger partial charge is 0.303 e. The minimum Gasteiger partial charge on any atom is -0.447 e. The van der Waals surface area contributed by atoms with Crippen molar-refractivity contribution < 1.29 is 66.6 Å². The van der Waals surface area contributed by atoms with Gasteiger partial charge in [-0.15, -0.1) is 0 Å².